The minimum atomic E-state index is 0.589. The summed E-state index contributed by atoms with van der Waals surface area (Å²) in [5.74, 6) is 0.846. The summed E-state index contributed by atoms with van der Waals surface area (Å²) < 4.78 is 5.18. The second-order valence-electron chi connectivity index (χ2n) is 4.23. The topological polar surface area (TPSA) is 21.3 Å². The number of anilines is 1. The van der Waals surface area contributed by atoms with Gasteiger partial charge in [-0.25, -0.2) is 0 Å². The lowest BCUT2D eigenvalue weighted by Gasteiger charge is -2.12. The summed E-state index contributed by atoms with van der Waals surface area (Å²) in [6.07, 6.45) is 0. The van der Waals surface area contributed by atoms with Gasteiger partial charge >= 0.3 is 0 Å². The van der Waals surface area contributed by atoms with Crippen LogP contribution in [0.1, 0.15) is 11.1 Å². The van der Waals surface area contributed by atoms with E-state index in [1.54, 1.807) is 7.11 Å². The predicted molar refractivity (Wildman–Crippen MR) is 81.5 cm³/mol. The zero-order valence-electron chi connectivity index (χ0n) is 10.8. The molecule has 2 aromatic rings. The average molecular weight is 296 g/mol. The first kappa shape index (κ1) is 14.0. The molecule has 0 radical (unpaired) electrons. The van der Waals surface area contributed by atoms with E-state index in [4.69, 9.17) is 27.9 Å². The number of hydrogen-bond acceptors (Lipinski definition) is 2. The van der Waals surface area contributed by atoms with Crippen LogP contribution in [0.3, 0.4) is 0 Å². The number of methoxy groups -OCH3 is 1. The number of aryl methyl sites for hydroxylation is 1. The predicted octanol–water partition coefficient (Wildman–Crippen LogP) is 4.92. The number of rotatable bonds is 4. The molecular formula is C15H15Cl2NO. The first-order valence-electron chi connectivity index (χ1n) is 5.93. The largest absolute Gasteiger partial charge is 0.497 e. The third-order valence-electron chi connectivity index (χ3n) is 2.95. The Morgan fingerprint density at radius 1 is 1.11 bits per heavy atom. The van der Waals surface area contributed by atoms with Gasteiger partial charge in [0.25, 0.3) is 0 Å². The van der Waals surface area contributed by atoms with Crippen LogP contribution in [0.4, 0.5) is 5.69 Å². The van der Waals surface area contributed by atoms with E-state index in [2.05, 4.69) is 5.32 Å². The van der Waals surface area contributed by atoms with Crippen molar-refractivity contribution in [3.8, 4) is 5.75 Å². The quantitative estimate of drug-likeness (QED) is 0.864. The van der Waals surface area contributed by atoms with Gasteiger partial charge in [0.1, 0.15) is 5.75 Å². The second kappa shape index (κ2) is 6.18. The minimum absolute atomic E-state index is 0.589. The van der Waals surface area contributed by atoms with Crippen molar-refractivity contribution in [3.05, 3.63) is 57.6 Å². The third-order valence-corrected chi connectivity index (χ3v) is 3.66. The molecule has 0 atom stereocenters. The molecular weight excluding hydrogens is 281 g/mol. The number of benzene rings is 2. The first-order chi connectivity index (χ1) is 9.11. The minimum Gasteiger partial charge on any atom is -0.497 e. The summed E-state index contributed by atoms with van der Waals surface area (Å²) in [5, 5.41) is 4.68. The number of ether oxygens (including phenoxy) is 1. The summed E-state index contributed by atoms with van der Waals surface area (Å²) in [6, 6.07) is 11.4. The Balaban J connectivity index is 2.15. The van der Waals surface area contributed by atoms with Gasteiger partial charge in [-0.2, -0.15) is 0 Å². The van der Waals surface area contributed by atoms with E-state index >= 15 is 0 Å². The number of nitrogens with one attached hydrogen (secondary N) is 1. The van der Waals surface area contributed by atoms with E-state index < -0.39 is 0 Å². The van der Waals surface area contributed by atoms with E-state index in [0.717, 1.165) is 22.6 Å². The number of hydrogen-bond donors (Lipinski definition) is 1. The SMILES string of the molecule is COc1ccc(NCc2c(Cl)cccc2Cl)c(C)c1. The van der Waals surface area contributed by atoms with Gasteiger partial charge in [-0.15, -0.1) is 0 Å². The summed E-state index contributed by atoms with van der Waals surface area (Å²) in [7, 11) is 1.66. The molecule has 100 valence electrons. The van der Waals surface area contributed by atoms with E-state index in [0.29, 0.717) is 16.6 Å². The van der Waals surface area contributed by atoms with Crippen LogP contribution in [-0.2, 0) is 6.54 Å². The summed E-state index contributed by atoms with van der Waals surface area (Å²) >= 11 is 12.3. The molecule has 0 unspecified atom stereocenters. The molecule has 0 aromatic heterocycles. The molecule has 0 saturated carbocycles. The monoisotopic (exact) mass is 295 g/mol. The molecule has 0 bridgehead atoms. The van der Waals surface area contributed by atoms with Gasteiger partial charge < -0.3 is 10.1 Å². The smallest absolute Gasteiger partial charge is 0.119 e. The zero-order valence-corrected chi connectivity index (χ0v) is 12.3. The fraction of sp³-hybridized carbons (Fsp3) is 0.200. The van der Waals surface area contributed by atoms with Gasteiger partial charge in [-0.3, -0.25) is 0 Å². The third kappa shape index (κ3) is 3.34. The molecule has 1 N–H and O–H groups in total. The van der Waals surface area contributed by atoms with Crippen molar-refractivity contribution < 1.29 is 4.74 Å². The van der Waals surface area contributed by atoms with Crippen LogP contribution >= 0.6 is 23.2 Å². The van der Waals surface area contributed by atoms with Gasteiger partial charge in [-0.05, 0) is 42.8 Å². The number of halogens is 2. The molecule has 19 heavy (non-hydrogen) atoms. The van der Waals surface area contributed by atoms with Crippen LogP contribution in [0.25, 0.3) is 0 Å². The van der Waals surface area contributed by atoms with Crippen molar-refractivity contribution in [2.75, 3.05) is 12.4 Å². The Morgan fingerprint density at radius 2 is 1.79 bits per heavy atom. The molecule has 2 rings (SSSR count). The molecule has 0 aliphatic carbocycles. The Bertz CT molecular complexity index is 564. The Hall–Kier alpha value is -1.38. The molecule has 0 aliphatic heterocycles. The molecule has 2 nitrogen and oxygen atoms in total. The molecule has 2 aromatic carbocycles. The fourth-order valence-electron chi connectivity index (χ4n) is 1.85. The second-order valence-corrected chi connectivity index (χ2v) is 5.05. The van der Waals surface area contributed by atoms with Crippen LogP contribution in [0.5, 0.6) is 5.75 Å². The Kier molecular flexibility index (Phi) is 4.56. The van der Waals surface area contributed by atoms with Crippen molar-refractivity contribution >= 4 is 28.9 Å². The lowest BCUT2D eigenvalue weighted by molar-refractivity contribution is 0.414. The molecule has 0 saturated heterocycles. The van der Waals surface area contributed by atoms with Crippen LogP contribution in [-0.4, -0.2) is 7.11 Å². The van der Waals surface area contributed by atoms with Crippen LogP contribution in [0, 0.1) is 6.92 Å². The van der Waals surface area contributed by atoms with Crippen molar-refractivity contribution in [2.24, 2.45) is 0 Å². The fourth-order valence-corrected chi connectivity index (χ4v) is 2.38. The van der Waals surface area contributed by atoms with Gasteiger partial charge in [-0.1, -0.05) is 29.3 Å². The zero-order chi connectivity index (χ0) is 13.8. The van der Waals surface area contributed by atoms with E-state index in [1.165, 1.54) is 0 Å². The highest BCUT2D eigenvalue weighted by molar-refractivity contribution is 6.36. The average Bonchev–Trinajstić information content (AvgIpc) is 2.39. The van der Waals surface area contributed by atoms with E-state index in [1.807, 2.05) is 43.3 Å². The van der Waals surface area contributed by atoms with Crippen molar-refractivity contribution in [3.63, 3.8) is 0 Å². The molecule has 0 fully saturated rings. The highest BCUT2D eigenvalue weighted by Gasteiger charge is 2.06. The van der Waals surface area contributed by atoms with Gasteiger partial charge in [0.2, 0.25) is 0 Å². The molecule has 0 heterocycles. The van der Waals surface area contributed by atoms with Crippen LogP contribution < -0.4 is 10.1 Å². The molecule has 0 amide bonds. The van der Waals surface area contributed by atoms with Crippen molar-refractivity contribution in [1.82, 2.24) is 0 Å². The molecule has 4 heteroatoms. The van der Waals surface area contributed by atoms with E-state index in [-0.39, 0.29) is 0 Å². The summed E-state index contributed by atoms with van der Waals surface area (Å²) in [5.41, 5.74) is 3.06. The maximum absolute atomic E-state index is 6.14. The summed E-state index contributed by atoms with van der Waals surface area (Å²) in [6.45, 7) is 2.62. The Labute approximate surface area is 123 Å². The summed E-state index contributed by atoms with van der Waals surface area (Å²) in [4.78, 5) is 0. The lowest BCUT2D eigenvalue weighted by atomic mass is 10.1. The molecule has 0 spiro atoms. The first-order valence-corrected chi connectivity index (χ1v) is 6.69. The van der Waals surface area contributed by atoms with Crippen molar-refractivity contribution in [1.29, 1.82) is 0 Å². The Morgan fingerprint density at radius 3 is 2.37 bits per heavy atom. The standard InChI is InChI=1S/C15H15Cl2NO/c1-10-8-11(19-2)6-7-15(10)18-9-12-13(16)4-3-5-14(12)17/h3-8,18H,9H2,1-2H3. The van der Waals surface area contributed by atoms with E-state index in [9.17, 15) is 0 Å². The van der Waals surface area contributed by atoms with Gasteiger partial charge in [0, 0.05) is 27.8 Å². The normalized spacial score (nSPS) is 10.3. The lowest BCUT2D eigenvalue weighted by Crippen LogP contribution is -2.02. The highest BCUT2D eigenvalue weighted by Crippen LogP contribution is 2.27. The van der Waals surface area contributed by atoms with Gasteiger partial charge in [0.15, 0.2) is 0 Å². The highest BCUT2D eigenvalue weighted by atomic mass is 35.5. The molecule has 0 aliphatic rings. The maximum Gasteiger partial charge on any atom is 0.119 e. The van der Waals surface area contributed by atoms with Crippen LogP contribution in [0.2, 0.25) is 10.0 Å². The van der Waals surface area contributed by atoms with Crippen molar-refractivity contribution in [2.45, 2.75) is 13.5 Å². The van der Waals surface area contributed by atoms with Crippen LogP contribution in [0.15, 0.2) is 36.4 Å². The maximum atomic E-state index is 6.14. The van der Waals surface area contributed by atoms with Gasteiger partial charge in [0.05, 0.1) is 7.11 Å².